The van der Waals surface area contributed by atoms with Gasteiger partial charge in [-0.05, 0) is 184 Å². The summed E-state index contributed by atoms with van der Waals surface area (Å²) in [6.45, 7) is 9.10. The summed E-state index contributed by atoms with van der Waals surface area (Å²) in [5, 5.41) is 2.07. The zero-order chi connectivity index (χ0) is 60.6. The number of hydrogen-bond donors (Lipinski definition) is 3. The van der Waals surface area contributed by atoms with Gasteiger partial charge in [0.25, 0.3) is 5.79 Å². The Kier molecular flexibility index (Phi) is 19.8. The van der Waals surface area contributed by atoms with E-state index in [9.17, 15) is 18.1 Å². The molecular formula is C70H85F3N2O10PSi+. The van der Waals surface area contributed by atoms with Gasteiger partial charge in [-0.15, -0.1) is 0 Å². The Hall–Kier alpha value is -6.26. The fourth-order valence-electron chi connectivity index (χ4n) is 12.8. The van der Waals surface area contributed by atoms with Gasteiger partial charge in [0.15, 0.2) is 11.4 Å². The molecule has 2 fully saturated rings. The van der Waals surface area contributed by atoms with Crippen LogP contribution in [0.2, 0.25) is 0 Å². The van der Waals surface area contributed by atoms with Gasteiger partial charge in [-0.3, -0.25) is 4.52 Å². The van der Waals surface area contributed by atoms with E-state index in [1.165, 1.54) is 17.7 Å². The number of rotatable bonds is 26. The van der Waals surface area contributed by atoms with Crippen molar-refractivity contribution >= 4 is 22.2 Å². The summed E-state index contributed by atoms with van der Waals surface area (Å²) < 4.78 is 105. The number of alkyl halides is 3. The van der Waals surface area contributed by atoms with Crippen LogP contribution in [0.5, 0.6) is 11.5 Å². The molecule has 11 rings (SSSR count). The largest absolute Gasteiger partial charge is 0.518 e. The predicted octanol–water partition coefficient (Wildman–Crippen LogP) is 16.8. The molecule has 5 N–H and O–H groups in total. The summed E-state index contributed by atoms with van der Waals surface area (Å²) in [5.41, 5.74) is 14.7. The maximum Gasteiger partial charge on any atom is 0.460 e. The predicted molar refractivity (Wildman–Crippen MR) is 337 cm³/mol. The Bertz CT molecular complexity index is 3220. The summed E-state index contributed by atoms with van der Waals surface area (Å²) in [6.07, 6.45) is 38.2. The molecular weight excluding hydrogens is 1140 g/mol. The third-order valence-corrected chi connectivity index (χ3v) is 23.8. The summed E-state index contributed by atoms with van der Waals surface area (Å²) in [7, 11) is -7.30. The second kappa shape index (κ2) is 27.6. The van der Waals surface area contributed by atoms with Gasteiger partial charge in [-0.25, -0.2) is 0 Å². The molecule has 0 aliphatic heterocycles. The van der Waals surface area contributed by atoms with Gasteiger partial charge in [-0.2, -0.15) is 22.6 Å². The van der Waals surface area contributed by atoms with Gasteiger partial charge >= 0.3 is 22.7 Å². The Morgan fingerprint density at radius 2 is 1.57 bits per heavy atom. The molecule has 0 aromatic heterocycles. The Labute approximate surface area is 513 Å². The van der Waals surface area contributed by atoms with E-state index in [4.69, 9.17) is 59.6 Å². The number of allylic oxidation sites excluding steroid dienone is 17. The van der Waals surface area contributed by atoms with E-state index < -0.39 is 59.1 Å². The first-order valence-corrected chi connectivity index (χ1v) is 35.1. The molecule has 9 aliphatic carbocycles. The van der Waals surface area contributed by atoms with Crippen molar-refractivity contribution in [1.29, 1.82) is 0 Å². The topological polar surface area (TPSA) is 155 Å². The molecule has 0 amide bonds. The van der Waals surface area contributed by atoms with Crippen LogP contribution in [0, 0.1) is 11.8 Å². The van der Waals surface area contributed by atoms with Gasteiger partial charge in [0.2, 0.25) is 0 Å². The minimum Gasteiger partial charge on any atom is -0.518 e. The van der Waals surface area contributed by atoms with Crippen molar-refractivity contribution in [3.05, 3.63) is 208 Å². The Morgan fingerprint density at radius 3 is 2.32 bits per heavy atom. The van der Waals surface area contributed by atoms with Crippen LogP contribution in [-0.2, 0) is 38.5 Å². The summed E-state index contributed by atoms with van der Waals surface area (Å²) in [5.74, 6) is 0.523. The van der Waals surface area contributed by atoms with Crippen LogP contribution in [0.1, 0.15) is 141 Å². The highest BCUT2D eigenvalue weighted by Gasteiger charge is 2.64. The molecule has 0 saturated heterocycles. The molecule has 0 radical (unpaired) electrons. The van der Waals surface area contributed by atoms with Gasteiger partial charge in [0.05, 0.1) is 24.4 Å². The molecule has 0 bridgehead atoms. The zero-order valence-corrected chi connectivity index (χ0v) is 52.1. The van der Waals surface area contributed by atoms with Crippen LogP contribution >= 0.6 is 7.94 Å². The smallest absolute Gasteiger partial charge is 0.460 e. The number of halogens is 3. The molecule has 11 unspecified atom stereocenters. The molecule has 464 valence electrons. The number of hydrogen-bond acceptors (Lipinski definition) is 12. The number of nitrogen functional groups attached to an aromatic ring is 1. The fourth-order valence-corrected chi connectivity index (χ4v) is 18.9. The summed E-state index contributed by atoms with van der Waals surface area (Å²) in [6, 6.07) is 15.5. The van der Waals surface area contributed by atoms with E-state index in [2.05, 4.69) is 62.5 Å². The third kappa shape index (κ3) is 15.3. The van der Waals surface area contributed by atoms with Gasteiger partial charge in [0.1, 0.15) is 53.0 Å². The number of anilines is 1. The maximum atomic E-state index is 14.3. The van der Waals surface area contributed by atoms with Crippen LogP contribution in [0.4, 0.5) is 18.9 Å². The van der Waals surface area contributed by atoms with Crippen molar-refractivity contribution in [2.75, 3.05) is 5.73 Å². The Morgan fingerprint density at radius 1 is 0.793 bits per heavy atom. The first-order chi connectivity index (χ1) is 42.1. The monoisotopic (exact) mass is 1230 g/mol. The maximum absolute atomic E-state index is 14.3. The van der Waals surface area contributed by atoms with Crippen molar-refractivity contribution < 1.29 is 59.6 Å². The highest BCUT2D eigenvalue weighted by molar-refractivity contribution is 7.61. The fraction of sp³-hybridized carbons (Fsp3) is 0.457. The van der Waals surface area contributed by atoms with Crippen molar-refractivity contribution in [3.63, 3.8) is 0 Å². The van der Waals surface area contributed by atoms with Crippen LogP contribution in [0.25, 0.3) is 0 Å². The molecule has 0 spiro atoms. The van der Waals surface area contributed by atoms with Crippen LogP contribution in [-0.4, -0.2) is 61.6 Å². The second-order valence-electron chi connectivity index (χ2n) is 24.2. The van der Waals surface area contributed by atoms with Crippen molar-refractivity contribution in [3.8, 4) is 11.5 Å². The lowest BCUT2D eigenvalue weighted by Gasteiger charge is -2.41. The summed E-state index contributed by atoms with van der Waals surface area (Å²) in [4.78, 5) is 13.2. The minimum atomic E-state index is -4.56. The normalized spacial score (nSPS) is 29.1. The van der Waals surface area contributed by atoms with Crippen molar-refractivity contribution in [2.24, 2.45) is 17.6 Å². The highest BCUT2D eigenvalue weighted by atomic mass is 31.2. The molecule has 17 heteroatoms. The van der Waals surface area contributed by atoms with E-state index in [0.29, 0.717) is 67.9 Å². The first kappa shape index (κ1) is 62.3. The number of para-hydroxylation sites is 1. The van der Waals surface area contributed by atoms with Crippen LogP contribution in [0.15, 0.2) is 203 Å². The minimum absolute atomic E-state index is 0.0144. The molecule has 9 aliphatic rings. The third-order valence-electron chi connectivity index (χ3n) is 17.6. The van der Waals surface area contributed by atoms with Crippen molar-refractivity contribution in [1.82, 2.24) is 0 Å². The number of nitrogens with two attached hydrogens (primary N) is 2. The standard InChI is InChI=1S/C70H85F3N2O10PSi/c1-4-6-20-48(3)87(62-33-14-9-15-34-62,84-60-31-18-27-56(45-60)79-68-47-69(68,80-53-23-12-8-13-24-53)81-57-28-16-25-54(43-57)77-65-38-35-51(74)41-49(65)5-2)85-61-32-19-30-59(46-61)83-86(76,67-40-37-63(67)50-21-10-7-11-22-50)82-58-29-17-26-55(44-58)78-66-39-36-52(75)42-64(66)70(71,72)73/h8-10,12-14,16-17,21-24,26,28,33,35-36,38-39,41,43-46,54,56,58,61,63-64,67-68,76H,3-7,11,15,18-20,25,27,29-32,34,37,40,42,47,74-75H2,1-2H3/q+1. The molecule has 2 saturated carbocycles. The molecule has 2 aromatic rings. The summed E-state index contributed by atoms with van der Waals surface area (Å²) >= 11 is 0. The first-order valence-electron chi connectivity index (χ1n) is 31.6. The highest BCUT2D eigenvalue weighted by Crippen LogP contribution is 2.72. The van der Waals surface area contributed by atoms with E-state index in [-0.39, 0.29) is 41.0 Å². The average molecular weight is 1230 g/mol. The Balaban J connectivity index is 0.843. The van der Waals surface area contributed by atoms with Crippen molar-refractivity contribution in [2.45, 2.75) is 190 Å². The molecule has 12 nitrogen and oxygen atoms in total. The SMILES string of the molecule is C=C(CCCC)[Si](OC1=CC(OC2CC2(OC2=CC(Oc3ccc(N)cc3CC)CC=C2)Oc2ccccc2)CCC1)(OC1C=C(O[P+](O)(OC2C=C(OC3=CC=C(N)CC3C(F)(F)F)C=CC2)C2CCC2C2=CCCC=C2)CCC1)C1=CC=CCC1. The lowest BCUT2D eigenvalue weighted by molar-refractivity contribution is -0.172. The van der Waals surface area contributed by atoms with E-state index >= 15 is 0 Å². The number of benzene rings is 2. The van der Waals surface area contributed by atoms with E-state index in [1.807, 2.05) is 66.8 Å². The van der Waals surface area contributed by atoms with Gasteiger partial charge in [0, 0.05) is 49.4 Å². The molecule has 87 heavy (non-hydrogen) atoms. The van der Waals surface area contributed by atoms with E-state index in [1.54, 1.807) is 18.2 Å². The lowest BCUT2D eigenvalue weighted by Crippen LogP contribution is -2.50. The van der Waals surface area contributed by atoms with E-state index in [0.717, 1.165) is 105 Å². The number of ether oxygens (including phenoxy) is 5. The van der Waals surface area contributed by atoms with Crippen LogP contribution < -0.4 is 20.9 Å². The van der Waals surface area contributed by atoms with Gasteiger partial charge in [-0.1, -0.05) is 93.7 Å². The lowest BCUT2D eigenvalue weighted by atomic mass is 9.77. The average Bonchev–Trinajstić information content (AvgIpc) is 2.42. The quantitative estimate of drug-likeness (QED) is 0.0355. The number of unbranched alkanes of at least 4 members (excludes halogenated alkanes) is 1. The van der Waals surface area contributed by atoms with Crippen LogP contribution in [0.3, 0.4) is 0 Å². The molecule has 0 heterocycles. The van der Waals surface area contributed by atoms with Gasteiger partial charge < -0.3 is 44.0 Å². The molecule has 11 atom stereocenters. The molecule has 2 aromatic carbocycles. The zero-order valence-electron chi connectivity index (χ0n) is 50.2. The second-order valence-corrected chi connectivity index (χ2v) is 29.4. The number of aryl methyl sites for hydroxylation is 1.